The van der Waals surface area contributed by atoms with E-state index in [1.807, 2.05) is 38.1 Å². The van der Waals surface area contributed by atoms with Gasteiger partial charge in [0.2, 0.25) is 10.0 Å². The zero-order valence-electron chi connectivity index (χ0n) is 15.3. The lowest BCUT2D eigenvalue weighted by molar-refractivity contribution is 0.548. The van der Waals surface area contributed by atoms with Gasteiger partial charge >= 0.3 is 0 Å². The van der Waals surface area contributed by atoms with Crippen LogP contribution < -0.4 is 15.4 Å². The normalized spacial score (nSPS) is 12.0. The number of aliphatic imine (C=N–C) groups is 1. The Labute approximate surface area is 172 Å². The molecule has 1 aromatic carbocycles. The van der Waals surface area contributed by atoms with E-state index in [2.05, 4.69) is 20.3 Å². The molecule has 1 aromatic heterocycles. The maximum Gasteiger partial charge on any atom is 0.211 e. The van der Waals surface area contributed by atoms with Gasteiger partial charge in [0.05, 0.1) is 5.75 Å². The predicted molar refractivity (Wildman–Crippen MR) is 117 cm³/mol. The minimum Gasteiger partial charge on any atom is -0.459 e. The molecule has 2 aromatic rings. The molecule has 1 heterocycles. The van der Waals surface area contributed by atoms with Crippen LogP contribution in [0.5, 0.6) is 0 Å². The topological polar surface area (TPSA) is 95.7 Å². The Bertz CT molecular complexity index is 834. The van der Waals surface area contributed by atoms with Crippen molar-refractivity contribution in [3.8, 4) is 0 Å². The first-order valence-electron chi connectivity index (χ1n) is 8.43. The number of aryl methyl sites for hydroxylation is 1. The van der Waals surface area contributed by atoms with Crippen molar-refractivity contribution in [1.82, 2.24) is 15.4 Å². The van der Waals surface area contributed by atoms with Crippen LogP contribution in [0.1, 0.15) is 25.2 Å². The third-order valence-electron chi connectivity index (χ3n) is 3.79. The number of nitrogens with one attached hydrogen (secondary N) is 3. The van der Waals surface area contributed by atoms with Gasteiger partial charge in [-0.1, -0.05) is 18.2 Å². The molecule has 0 unspecified atom stereocenters. The minimum atomic E-state index is -3.17. The highest BCUT2D eigenvalue weighted by Gasteiger charge is 2.10. The zero-order chi connectivity index (χ0) is 18.3. The van der Waals surface area contributed by atoms with Crippen LogP contribution in [0, 0.1) is 6.92 Å². The number of hydrogen-bond acceptors (Lipinski definition) is 4. The van der Waals surface area contributed by atoms with Gasteiger partial charge in [-0.15, -0.1) is 24.0 Å². The van der Waals surface area contributed by atoms with Crippen molar-refractivity contribution in [2.45, 2.75) is 27.3 Å². The van der Waals surface area contributed by atoms with E-state index >= 15 is 0 Å². The van der Waals surface area contributed by atoms with E-state index in [9.17, 15) is 8.42 Å². The highest BCUT2D eigenvalue weighted by Crippen LogP contribution is 2.25. The van der Waals surface area contributed by atoms with Gasteiger partial charge in [-0.2, -0.15) is 0 Å². The van der Waals surface area contributed by atoms with Crippen molar-refractivity contribution < 1.29 is 12.8 Å². The van der Waals surface area contributed by atoms with Gasteiger partial charge in [-0.25, -0.2) is 18.1 Å². The molecule has 0 aliphatic heterocycles. The fraction of sp³-hybridized carbons (Fsp3) is 0.471. The van der Waals surface area contributed by atoms with Crippen LogP contribution in [0.4, 0.5) is 0 Å². The molecular formula is C17H27IN4O3S. The van der Waals surface area contributed by atoms with Crippen molar-refractivity contribution >= 4 is 50.9 Å². The number of furan rings is 1. The molecule has 0 spiro atoms. The molecule has 26 heavy (non-hydrogen) atoms. The number of rotatable bonds is 8. The summed E-state index contributed by atoms with van der Waals surface area (Å²) in [4.78, 5) is 4.52. The average Bonchev–Trinajstić information content (AvgIpc) is 2.93. The Kier molecular flexibility index (Phi) is 9.37. The molecule has 7 nitrogen and oxygen atoms in total. The Hall–Kier alpha value is -1.33. The molecular weight excluding hydrogens is 467 g/mol. The molecule has 2 rings (SSSR count). The quantitative estimate of drug-likeness (QED) is 0.227. The van der Waals surface area contributed by atoms with Crippen LogP contribution in [-0.2, 0) is 16.6 Å². The molecule has 0 saturated carbocycles. The van der Waals surface area contributed by atoms with Crippen LogP contribution in [-0.4, -0.2) is 39.8 Å². The summed E-state index contributed by atoms with van der Waals surface area (Å²) in [5.41, 5.74) is 1.95. The number of guanidine groups is 1. The summed E-state index contributed by atoms with van der Waals surface area (Å²) < 4.78 is 31.2. The molecule has 0 aliphatic carbocycles. The van der Waals surface area contributed by atoms with Crippen molar-refractivity contribution in [3.05, 3.63) is 35.6 Å². The number of nitrogens with zero attached hydrogens (tertiary/aromatic N) is 1. The first kappa shape index (κ1) is 22.7. The number of hydrogen-bond donors (Lipinski definition) is 3. The monoisotopic (exact) mass is 494 g/mol. The highest BCUT2D eigenvalue weighted by atomic mass is 127. The zero-order valence-corrected chi connectivity index (χ0v) is 18.5. The molecule has 146 valence electrons. The summed E-state index contributed by atoms with van der Waals surface area (Å²) >= 11 is 0. The van der Waals surface area contributed by atoms with E-state index in [0.29, 0.717) is 32.1 Å². The number of halogens is 1. The summed E-state index contributed by atoms with van der Waals surface area (Å²) in [6.45, 7) is 7.49. The highest BCUT2D eigenvalue weighted by molar-refractivity contribution is 14.0. The predicted octanol–water partition coefficient (Wildman–Crippen LogP) is 2.35. The Balaban J connectivity index is 0.00000338. The smallest absolute Gasteiger partial charge is 0.211 e. The summed E-state index contributed by atoms with van der Waals surface area (Å²) in [6, 6.07) is 7.91. The van der Waals surface area contributed by atoms with Crippen LogP contribution in [0.2, 0.25) is 0 Å². The first-order valence-corrected chi connectivity index (χ1v) is 10.1. The van der Waals surface area contributed by atoms with Gasteiger partial charge in [0.25, 0.3) is 0 Å². The second kappa shape index (κ2) is 10.7. The van der Waals surface area contributed by atoms with E-state index in [0.717, 1.165) is 22.3 Å². The standard InChI is InChI=1S/C17H26N4O3S.HI/c1-4-18-17(19-10-11-21-25(22,23)5-2)20-12-16-13(3)14-8-6-7-9-15(14)24-16;/h6-9,21H,4-5,10-12H2,1-3H3,(H2,18,19,20);1H. The van der Waals surface area contributed by atoms with Crippen LogP contribution in [0.15, 0.2) is 33.7 Å². The van der Waals surface area contributed by atoms with E-state index in [1.165, 1.54) is 0 Å². The summed E-state index contributed by atoms with van der Waals surface area (Å²) in [5.74, 6) is 1.52. The molecule has 0 amide bonds. The van der Waals surface area contributed by atoms with E-state index < -0.39 is 10.0 Å². The summed E-state index contributed by atoms with van der Waals surface area (Å²) in [6.07, 6.45) is 0. The van der Waals surface area contributed by atoms with Crippen molar-refractivity contribution in [2.24, 2.45) is 4.99 Å². The number of fused-ring (bicyclic) bond motifs is 1. The van der Waals surface area contributed by atoms with Crippen LogP contribution in [0.25, 0.3) is 11.0 Å². The molecule has 0 bridgehead atoms. The molecule has 0 saturated heterocycles. The average molecular weight is 494 g/mol. The number of benzene rings is 1. The minimum absolute atomic E-state index is 0. The Morgan fingerprint density at radius 3 is 2.54 bits per heavy atom. The van der Waals surface area contributed by atoms with Gasteiger partial charge in [-0.3, -0.25) is 0 Å². The first-order chi connectivity index (χ1) is 12.0. The molecule has 0 atom stereocenters. The lowest BCUT2D eigenvalue weighted by atomic mass is 10.1. The van der Waals surface area contributed by atoms with Crippen LogP contribution in [0.3, 0.4) is 0 Å². The summed E-state index contributed by atoms with van der Waals surface area (Å²) in [5, 5.41) is 7.35. The van der Waals surface area contributed by atoms with E-state index in [1.54, 1.807) is 6.92 Å². The van der Waals surface area contributed by atoms with Gasteiger partial charge in [0, 0.05) is 30.6 Å². The molecule has 0 fully saturated rings. The Morgan fingerprint density at radius 1 is 1.15 bits per heavy atom. The van der Waals surface area contributed by atoms with Gasteiger partial charge in [0.15, 0.2) is 5.96 Å². The fourth-order valence-corrected chi connectivity index (χ4v) is 2.98. The maximum atomic E-state index is 11.4. The van der Waals surface area contributed by atoms with Gasteiger partial charge < -0.3 is 15.1 Å². The lowest BCUT2D eigenvalue weighted by Gasteiger charge is -2.11. The third-order valence-corrected chi connectivity index (χ3v) is 5.19. The molecule has 3 N–H and O–H groups in total. The second-order valence-electron chi connectivity index (χ2n) is 5.57. The van der Waals surface area contributed by atoms with Crippen molar-refractivity contribution in [1.29, 1.82) is 0 Å². The molecule has 9 heteroatoms. The number of sulfonamides is 1. The van der Waals surface area contributed by atoms with Crippen LogP contribution >= 0.6 is 24.0 Å². The van der Waals surface area contributed by atoms with E-state index in [-0.39, 0.29) is 29.7 Å². The maximum absolute atomic E-state index is 11.4. The fourth-order valence-electron chi connectivity index (χ4n) is 2.36. The third kappa shape index (κ3) is 6.44. The van der Waals surface area contributed by atoms with Gasteiger partial charge in [-0.05, 0) is 26.8 Å². The summed E-state index contributed by atoms with van der Waals surface area (Å²) in [7, 11) is -3.17. The van der Waals surface area contributed by atoms with Gasteiger partial charge in [0.1, 0.15) is 17.9 Å². The molecule has 0 radical (unpaired) electrons. The lowest BCUT2D eigenvalue weighted by Crippen LogP contribution is -2.41. The Morgan fingerprint density at radius 2 is 1.88 bits per heavy atom. The van der Waals surface area contributed by atoms with Crippen molar-refractivity contribution in [3.63, 3.8) is 0 Å². The number of para-hydroxylation sites is 1. The largest absolute Gasteiger partial charge is 0.459 e. The second-order valence-corrected chi connectivity index (χ2v) is 7.66. The SMILES string of the molecule is CCNC(=NCc1oc2ccccc2c1C)NCCNS(=O)(=O)CC.I. The van der Waals surface area contributed by atoms with Crippen molar-refractivity contribution in [2.75, 3.05) is 25.4 Å². The molecule has 0 aliphatic rings. The van der Waals surface area contributed by atoms with E-state index in [4.69, 9.17) is 4.42 Å².